The number of anilines is 1. The summed E-state index contributed by atoms with van der Waals surface area (Å²) in [5.74, 6) is 3.84. The van der Waals surface area contributed by atoms with Crippen molar-refractivity contribution in [3.8, 4) is 57.1 Å². The monoisotopic (exact) mass is 836 g/mol. The molecule has 0 amide bonds. The van der Waals surface area contributed by atoms with E-state index in [0.29, 0.717) is 40.2 Å². The minimum Gasteiger partial charge on any atom is -0.457 e. The molecule has 0 bridgehead atoms. The summed E-state index contributed by atoms with van der Waals surface area (Å²) in [4.78, 5) is 32.1. The molecule has 0 unspecified atom stereocenters. The average molecular weight is 837 g/mol. The molecule has 5 aromatic heterocycles. The number of hydrogen-bond acceptors (Lipinski definition) is 9. The second-order valence-corrected chi connectivity index (χ2v) is 15.5. The third-order valence-electron chi connectivity index (χ3n) is 11.3. The van der Waals surface area contributed by atoms with Crippen LogP contribution in [0.4, 0.5) is 11.4 Å². The van der Waals surface area contributed by atoms with Crippen LogP contribution >= 0.6 is 0 Å². The number of para-hydroxylation sites is 2. The van der Waals surface area contributed by atoms with Gasteiger partial charge in [-0.15, -0.1) is 0 Å². The topological polar surface area (TPSA) is 126 Å². The molecule has 0 spiro atoms. The van der Waals surface area contributed by atoms with Gasteiger partial charge in [0.2, 0.25) is 0 Å². The van der Waals surface area contributed by atoms with Crippen LogP contribution in [0.25, 0.3) is 77.8 Å². The molecule has 11 aromatic rings. The number of nitro groups is 1. The lowest BCUT2D eigenvalue weighted by atomic mass is 10.1. The van der Waals surface area contributed by atoms with E-state index in [1.165, 1.54) is 18.3 Å². The Balaban J connectivity index is 0.849. The van der Waals surface area contributed by atoms with Crippen molar-refractivity contribution in [2.24, 2.45) is 0 Å². The van der Waals surface area contributed by atoms with Crippen molar-refractivity contribution in [1.82, 2.24) is 29.1 Å². The Bertz CT molecular complexity index is 3600. The number of nitrogens with zero attached hydrogens (tertiary/aromatic N) is 8. The maximum Gasteiger partial charge on any atom is 0.274 e. The van der Waals surface area contributed by atoms with Gasteiger partial charge in [0, 0.05) is 89.1 Å². The van der Waals surface area contributed by atoms with Crippen molar-refractivity contribution < 1.29 is 14.4 Å². The first kappa shape index (κ1) is 38.1. The lowest BCUT2D eigenvalue weighted by molar-refractivity contribution is -0.384. The highest BCUT2D eigenvalue weighted by Gasteiger charge is 2.18. The van der Waals surface area contributed by atoms with Crippen LogP contribution in [0.2, 0.25) is 0 Å². The third kappa shape index (κ3) is 6.85. The minimum absolute atomic E-state index is 0.0370. The van der Waals surface area contributed by atoms with Gasteiger partial charge >= 0.3 is 0 Å². The molecule has 0 atom stereocenters. The van der Waals surface area contributed by atoms with Crippen LogP contribution in [0.3, 0.4) is 0 Å². The lowest BCUT2D eigenvalue weighted by Gasteiger charge is -2.14. The summed E-state index contributed by atoms with van der Waals surface area (Å²) in [6.45, 7) is 0. The van der Waals surface area contributed by atoms with Crippen molar-refractivity contribution in [3.05, 3.63) is 193 Å². The van der Waals surface area contributed by atoms with Gasteiger partial charge in [0.05, 0.1) is 56.8 Å². The summed E-state index contributed by atoms with van der Waals surface area (Å²) >= 11 is 0. The first-order valence-corrected chi connectivity index (χ1v) is 20.5. The van der Waals surface area contributed by atoms with Gasteiger partial charge in [0.15, 0.2) is 0 Å². The minimum atomic E-state index is -0.417. The summed E-state index contributed by atoms with van der Waals surface area (Å²) in [5.41, 5.74) is 7.86. The second kappa shape index (κ2) is 15.5. The SMILES string of the molecule is CN(C)c1ccnc(-n2c3ccccc3c3ccc(Oc4cccc(-c5cnc(-c6cccc(Oc7ccc8c9ccccc9n(-c9cc([N+](=O)[O-])ccn9)c8c7)c6)cn5)c4)cc32)c1. The molecule has 6 aromatic carbocycles. The van der Waals surface area contributed by atoms with Crippen molar-refractivity contribution in [2.45, 2.75) is 0 Å². The Hall–Kier alpha value is -8.90. The molecule has 0 radical (unpaired) electrons. The number of fused-ring (bicyclic) bond motifs is 6. The van der Waals surface area contributed by atoms with Crippen molar-refractivity contribution >= 4 is 55.0 Å². The normalized spacial score (nSPS) is 11.4. The van der Waals surface area contributed by atoms with Gasteiger partial charge in [-0.25, -0.2) is 9.97 Å². The van der Waals surface area contributed by atoms with Gasteiger partial charge in [-0.1, -0.05) is 60.7 Å². The standard InChI is InChI=1S/C52H36N8O4/c1-57(2)35-21-23-53-51(27-35)58-47-15-5-3-13-41(47)43-19-17-39(29-49(43)58)63-37-11-7-9-33(25-37)45-31-56-46(32-55-45)34-10-8-12-38(26-34)64-40-18-20-44-42-14-4-6-16-48(42)59(50(44)30-40)52-28-36(60(61)62)22-24-54-52/h3-32H,1-2H3. The van der Waals surface area contributed by atoms with Gasteiger partial charge in [0.25, 0.3) is 5.69 Å². The summed E-state index contributed by atoms with van der Waals surface area (Å²) < 4.78 is 17.0. The first-order valence-electron chi connectivity index (χ1n) is 20.5. The van der Waals surface area contributed by atoms with Crippen LogP contribution in [0.15, 0.2) is 183 Å². The van der Waals surface area contributed by atoms with E-state index in [4.69, 9.17) is 24.4 Å². The van der Waals surface area contributed by atoms with Gasteiger partial charge < -0.3 is 14.4 Å². The molecule has 0 saturated heterocycles. The van der Waals surface area contributed by atoms with Crippen LogP contribution in [0.1, 0.15) is 0 Å². The predicted octanol–water partition coefficient (Wildman–Crippen LogP) is 12.4. The highest BCUT2D eigenvalue weighted by atomic mass is 16.6. The number of hydrogen-bond donors (Lipinski definition) is 0. The van der Waals surface area contributed by atoms with Gasteiger partial charge in [-0.2, -0.15) is 0 Å². The number of benzene rings is 6. The van der Waals surface area contributed by atoms with E-state index >= 15 is 0 Å². The van der Waals surface area contributed by atoms with Gasteiger partial charge in [-0.3, -0.25) is 29.2 Å². The zero-order valence-corrected chi connectivity index (χ0v) is 34.5. The fourth-order valence-corrected chi connectivity index (χ4v) is 8.31. The smallest absolute Gasteiger partial charge is 0.274 e. The molecular weight excluding hydrogens is 801 g/mol. The fraction of sp³-hybridized carbons (Fsp3) is 0.0385. The summed E-state index contributed by atoms with van der Waals surface area (Å²) in [5, 5.41) is 15.9. The van der Waals surface area contributed by atoms with Crippen LogP contribution in [0.5, 0.6) is 23.0 Å². The molecule has 5 heterocycles. The third-order valence-corrected chi connectivity index (χ3v) is 11.3. The van der Waals surface area contributed by atoms with E-state index in [0.717, 1.165) is 66.2 Å². The van der Waals surface area contributed by atoms with Gasteiger partial charge in [0.1, 0.15) is 34.6 Å². The summed E-state index contributed by atoms with van der Waals surface area (Å²) in [6.07, 6.45) is 6.81. The molecule has 12 heteroatoms. The zero-order chi connectivity index (χ0) is 43.3. The zero-order valence-electron chi connectivity index (χ0n) is 34.5. The second-order valence-electron chi connectivity index (χ2n) is 15.5. The average Bonchev–Trinajstić information content (AvgIpc) is 3.84. The fourth-order valence-electron chi connectivity index (χ4n) is 8.31. The molecule has 0 aliphatic heterocycles. The van der Waals surface area contributed by atoms with E-state index < -0.39 is 4.92 Å². The number of pyridine rings is 2. The molecular formula is C52H36N8O4. The van der Waals surface area contributed by atoms with Crippen LogP contribution in [-0.2, 0) is 0 Å². The highest BCUT2D eigenvalue weighted by Crippen LogP contribution is 2.38. The first-order chi connectivity index (χ1) is 31.3. The van der Waals surface area contributed by atoms with Crippen molar-refractivity contribution in [2.75, 3.05) is 19.0 Å². The molecule has 0 N–H and O–H groups in total. The van der Waals surface area contributed by atoms with E-state index in [9.17, 15) is 10.1 Å². The lowest BCUT2D eigenvalue weighted by Crippen LogP contribution is -2.09. The van der Waals surface area contributed by atoms with Crippen molar-refractivity contribution in [1.29, 1.82) is 0 Å². The van der Waals surface area contributed by atoms with Crippen LogP contribution in [0, 0.1) is 10.1 Å². The largest absolute Gasteiger partial charge is 0.457 e. The molecule has 64 heavy (non-hydrogen) atoms. The van der Waals surface area contributed by atoms with Crippen LogP contribution in [-0.4, -0.2) is 48.1 Å². The quantitative estimate of drug-likeness (QED) is 0.0977. The molecule has 0 aliphatic rings. The maximum absolute atomic E-state index is 11.6. The number of aromatic nitrogens is 6. The summed E-state index contributed by atoms with van der Waals surface area (Å²) in [7, 11) is 4.05. The molecule has 0 fully saturated rings. The number of rotatable bonds is 10. The molecule has 0 saturated carbocycles. The van der Waals surface area contributed by atoms with E-state index in [1.54, 1.807) is 12.4 Å². The molecule has 0 aliphatic carbocycles. The highest BCUT2D eigenvalue weighted by molar-refractivity contribution is 6.10. The predicted molar refractivity (Wildman–Crippen MR) is 251 cm³/mol. The van der Waals surface area contributed by atoms with E-state index in [1.807, 2.05) is 134 Å². The number of ether oxygens (including phenoxy) is 2. The Morgan fingerprint density at radius 3 is 1.48 bits per heavy atom. The Morgan fingerprint density at radius 2 is 0.969 bits per heavy atom. The maximum atomic E-state index is 11.6. The molecule has 12 nitrogen and oxygen atoms in total. The Kier molecular flexibility index (Phi) is 9.24. The molecule has 308 valence electrons. The van der Waals surface area contributed by atoms with E-state index in [-0.39, 0.29) is 5.69 Å². The Labute approximate surface area is 366 Å². The summed E-state index contributed by atoms with van der Waals surface area (Å²) in [6, 6.07) is 50.7. The van der Waals surface area contributed by atoms with Crippen molar-refractivity contribution in [3.63, 3.8) is 0 Å². The molecule has 11 rings (SSSR count). The Morgan fingerprint density at radius 1 is 0.484 bits per heavy atom. The van der Waals surface area contributed by atoms with E-state index in [2.05, 4.69) is 50.8 Å². The van der Waals surface area contributed by atoms with Gasteiger partial charge in [-0.05, 0) is 66.7 Å². The van der Waals surface area contributed by atoms with Crippen LogP contribution < -0.4 is 14.4 Å².